The van der Waals surface area contributed by atoms with E-state index in [4.69, 9.17) is 4.74 Å². The van der Waals surface area contributed by atoms with E-state index in [1.165, 1.54) is 5.56 Å². The van der Waals surface area contributed by atoms with Crippen LogP contribution in [0.25, 0.3) is 0 Å². The molecule has 0 aliphatic heterocycles. The molecule has 12 heavy (non-hydrogen) atoms. The Kier molecular flexibility index (Phi) is 4.15. The number of benzene rings is 1. The van der Waals surface area contributed by atoms with E-state index in [1.807, 2.05) is 12.1 Å². The van der Waals surface area contributed by atoms with Crippen molar-refractivity contribution in [1.82, 2.24) is 0 Å². The van der Waals surface area contributed by atoms with Crippen molar-refractivity contribution in [2.45, 2.75) is 18.7 Å². The Morgan fingerprint density at radius 3 is 2.42 bits per heavy atom. The molecule has 1 aromatic rings. The van der Waals surface area contributed by atoms with Crippen molar-refractivity contribution >= 4 is 15.9 Å². The number of rotatable bonds is 4. The molecule has 0 bridgehead atoms. The van der Waals surface area contributed by atoms with E-state index in [-0.39, 0.29) is 0 Å². The standard InChI is InChI=1S/C10H13BrO/c1-2-7-12-10-5-3-9(8-11)4-6-10/h3-6H,2,7-8H2,1H3. The minimum absolute atomic E-state index is 0.799. The zero-order valence-corrected chi connectivity index (χ0v) is 8.80. The van der Waals surface area contributed by atoms with Crippen molar-refractivity contribution in [3.8, 4) is 5.75 Å². The van der Waals surface area contributed by atoms with Crippen LogP contribution >= 0.6 is 15.9 Å². The van der Waals surface area contributed by atoms with Crippen LogP contribution in [0.4, 0.5) is 0 Å². The lowest BCUT2D eigenvalue weighted by molar-refractivity contribution is 0.317. The Morgan fingerprint density at radius 1 is 1.25 bits per heavy atom. The molecule has 1 rings (SSSR count). The summed E-state index contributed by atoms with van der Waals surface area (Å²) in [6.07, 6.45) is 1.06. The maximum atomic E-state index is 5.44. The van der Waals surface area contributed by atoms with Gasteiger partial charge < -0.3 is 4.74 Å². The predicted octanol–water partition coefficient (Wildman–Crippen LogP) is 3.37. The van der Waals surface area contributed by atoms with Crippen LogP contribution in [0.15, 0.2) is 24.3 Å². The van der Waals surface area contributed by atoms with Gasteiger partial charge in [0.05, 0.1) is 6.61 Å². The topological polar surface area (TPSA) is 9.23 Å². The van der Waals surface area contributed by atoms with E-state index >= 15 is 0 Å². The minimum Gasteiger partial charge on any atom is -0.494 e. The Bertz CT molecular complexity index is 218. The maximum Gasteiger partial charge on any atom is 0.119 e. The second kappa shape index (κ2) is 5.20. The highest BCUT2D eigenvalue weighted by atomic mass is 79.9. The molecule has 66 valence electrons. The Labute approximate surface area is 81.9 Å². The molecule has 0 radical (unpaired) electrons. The maximum absolute atomic E-state index is 5.44. The Hall–Kier alpha value is -0.500. The van der Waals surface area contributed by atoms with E-state index in [2.05, 4.69) is 35.0 Å². The third-order valence-electron chi connectivity index (χ3n) is 1.55. The van der Waals surface area contributed by atoms with Gasteiger partial charge in [0.2, 0.25) is 0 Å². The molecule has 0 N–H and O–H groups in total. The van der Waals surface area contributed by atoms with E-state index < -0.39 is 0 Å². The number of halogens is 1. The fourth-order valence-electron chi connectivity index (χ4n) is 0.895. The normalized spacial score (nSPS) is 9.83. The largest absolute Gasteiger partial charge is 0.494 e. The molecule has 0 saturated carbocycles. The first kappa shape index (κ1) is 9.59. The molecule has 0 saturated heterocycles. The summed E-state index contributed by atoms with van der Waals surface area (Å²) in [6.45, 7) is 2.90. The minimum atomic E-state index is 0.799. The van der Waals surface area contributed by atoms with Crippen LogP contribution in [-0.4, -0.2) is 6.61 Å². The summed E-state index contributed by atoms with van der Waals surface area (Å²) in [5.41, 5.74) is 1.28. The molecular formula is C10H13BrO. The van der Waals surface area contributed by atoms with Gasteiger partial charge in [-0.15, -0.1) is 0 Å². The molecule has 2 heteroatoms. The predicted molar refractivity (Wildman–Crippen MR) is 54.9 cm³/mol. The lowest BCUT2D eigenvalue weighted by Gasteiger charge is -2.03. The van der Waals surface area contributed by atoms with Crippen LogP contribution in [0.1, 0.15) is 18.9 Å². The van der Waals surface area contributed by atoms with Gasteiger partial charge in [-0.3, -0.25) is 0 Å². The van der Waals surface area contributed by atoms with Gasteiger partial charge in [0.15, 0.2) is 0 Å². The summed E-state index contributed by atoms with van der Waals surface area (Å²) in [5, 5.41) is 0.904. The third kappa shape index (κ3) is 2.86. The summed E-state index contributed by atoms with van der Waals surface area (Å²) in [5.74, 6) is 0.960. The van der Waals surface area contributed by atoms with E-state index in [0.29, 0.717) is 0 Å². The first-order valence-corrected chi connectivity index (χ1v) is 5.26. The van der Waals surface area contributed by atoms with Gasteiger partial charge in [0, 0.05) is 5.33 Å². The second-order valence-electron chi connectivity index (χ2n) is 2.63. The zero-order chi connectivity index (χ0) is 8.81. The molecule has 0 amide bonds. The SMILES string of the molecule is CCCOc1ccc(CBr)cc1. The number of alkyl halides is 1. The van der Waals surface area contributed by atoms with E-state index in [0.717, 1.165) is 24.1 Å². The molecule has 0 atom stereocenters. The molecule has 0 heterocycles. The van der Waals surface area contributed by atoms with Crippen molar-refractivity contribution in [2.75, 3.05) is 6.61 Å². The molecular weight excluding hydrogens is 216 g/mol. The quantitative estimate of drug-likeness (QED) is 0.719. The molecule has 1 nitrogen and oxygen atoms in total. The van der Waals surface area contributed by atoms with Gasteiger partial charge in [-0.05, 0) is 24.1 Å². The fourth-order valence-corrected chi connectivity index (χ4v) is 1.27. The highest BCUT2D eigenvalue weighted by Crippen LogP contribution is 2.13. The number of ether oxygens (including phenoxy) is 1. The van der Waals surface area contributed by atoms with Gasteiger partial charge in [-0.25, -0.2) is 0 Å². The monoisotopic (exact) mass is 228 g/mol. The first-order chi connectivity index (χ1) is 5.86. The summed E-state index contributed by atoms with van der Waals surface area (Å²) in [4.78, 5) is 0. The van der Waals surface area contributed by atoms with Crippen molar-refractivity contribution in [3.63, 3.8) is 0 Å². The lowest BCUT2D eigenvalue weighted by atomic mass is 10.2. The van der Waals surface area contributed by atoms with Crippen LogP contribution in [0.2, 0.25) is 0 Å². The average molecular weight is 229 g/mol. The van der Waals surface area contributed by atoms with Gasteiger partial charge in [-0.2, -0.15) is 0 Å². The molecule has 0 unspecified atom stereocenters. The number of hydrogen-bond acceptors (Lipinski definition) is 1. The van der Waals surface area contributed by atoms with Crippen LogP contribution in [0, 0.1) is 0 Å². The zero-order valence-electron chi connectivity index (χ0n) is 7.22. The smallest absolute Gasteiger partial charge is 0.119 e. The van der Waals surface area contributed by atoms with Crippen LogP contribution in [0.3, 0.4) is 0 Å². The molecule has 0 aromatic heterocycles. The highest BCUT2D eigenvalue weighted by Gasteiger charge is 1.92. The summed E-state index contributed by atoms with van der Waals surface area (Å²) < 4.78 is 5.44. The van der Waals surface area contributed by atoms with Crippen LogP contribution in [-0.2, 0) is 5.33 Å². The molecule has 0 aliphatic carbocycles. The molecule has 1 aromatic carbocycles. The first-order valence-electron chi connectivity index (χ1n) is 4.14. The van der Waals surface area contributed by atoms with Crippen molar-refractivity contribution in [1.29, 1.82) is 0 Å². The number of hydrogen-bond donors (Lipinski definition) is 0. The van der Waals surface area contributed by atoms with Gasteiger partial charge in [0.25, 0.3) is 0 Å². The van der Waals surface area contributed by atoms with Crippen LogP contribution in [0.5, 0.6) is 5.75 Å². The second-order valence-corrected chi connectivity index (χ2v) is 3.19. The summed E-state index contributed by atoms with van der Waals surface area (Å²) in [7, 11) is 0. The summed E-state index contributed by atoms with van der Waals surface area (Å²) in [6, 6.07) is 8.15. The molecule has 0 fully saturated rings. The van der Waals surface area contributed by atoms with Gasteiger partial charge >= 0.3 is 0 Å². The molecule has 0 spiro atoms. The average Bonchev–Trinajstić information content (AvgIpc) is 2.15. The Balaban J connectivity index is 2.53. The van der Waals surface area contributed by atoms with Gasteiger partial charge in [-0.1, -0.05) is 35.0 Å². The van der Waals surface area contributed by atoms with E-state index in [1.54, 1.807) is 0 Å². The Morgan fingerprint density at radius 2 is 1.92 bits per heavy atom. The summed E-state index contributed by atoms with van der Waals surface area (Å²) >= 11 is 3.39. The lowest BCUT2D eigenvalue weighted by Crippen LogP contribution is -1.94. The van der Waals surface area contributed by atoms with Crippen LogP contribution < -0.4 is 4.74 Å². The van der Waals surface area contributed by atoms with Gasteiger partial charge in [0.1, 0.15) is 5.75 Å². The molecule has 0 aliphatic rings. The van der Waals surface area contributed by atoms with Crippen molar-refractivity contribution < 1.29 is 4.74 Å². The fraction of sp³-hybridized carbons (Fsp3) is 0.400. The van der Waals surface area contributed by atoms with Crippen molar-refractivity contribution in [3.05, 3.63) is 29.8 Å². The van der Waals surface area contributed by atoms with E-state index in [9.17, 15) is 0 Å². The highest BCUT2D eigenvalue weighted by molar-refractivity contribution is 9.08. The van der Waals surface area contributed by atoms with Crippen molar-refractivity contribution in [2.24, 2.45) is 0 Å². The third-order valence-corrected chi connectivity index (χ3v) is 2.20.